The topological polar surface area (TPSA) is 34.5 Å². The molecule has 0 spiro atoms. The van der Waals surface area contributed by atoms with Gasteiger partial charge in [0.15, 0.2) is 0 Å². The number of alkyl halides is 3. The summed E-state index contributed by atoms with van der Waals surface area (Å²) in [4.78, 5) is 14.5. The molecule has 0 radical (unpaired) electrons. The summed E-state index contributed by atoms with van der Waals surface area (Å²) in [5, 5.41) is 0. The molecule has 1 fully saturated rings. The third-order valence-corrected chi connectivity index (χ3v) is 4.90. The summed E-state index contributed by atoms with van der Waals surface area (Å²) in [6, 6.07) is 7.85. The fourth-order valence-corrected chi connectivity index (χ4v) is 3.23. The van der Waals surface area contributed by atoms with Gasteiger partial charge in [-0.15, -0.1) is 0 Å². The van der Waals surface area contributed by atoms with Gasteiger partial charge in [-0.3, -0.25) is 4.79 Å². The molecule has 1 aliphatic heterocycles. The highest BCUT2D eigenvalue weighted by atomic mass is 19.4. The minimum absolute atomic E-state index is 0.177. The number of pyridine rings is 1. The van der Waals surface area contributed by atoms with Crippen LogP contribution in [0.15, 0.2) is 41.3 Å². The van der Waals surface area contributed by atoms with Gasteiger partial charge in [-0.2, -0.15) is 13.2 Å². The number of methoxy groups -OCH3 is 1. The van der Waals surface area contributed by atoms with Gasteiger partial charge >= 0.3 is 6.18 Å². The van der Waals surface area contributed by atoms with Crippen molar-refractivity contribution in [2.75, 3.05) is 26.7 Å². The van der Waals surface area contributed by atoms with Crippen LogP contribution in [0.2, 0.25) is 0 Å². The second-order valence-corrected chi connectivity index (χ2v) is 6.82. The highest BCUT2D eigenvalue weighted by Gasteiger charge is 2.34. The highest BCUT2D eigenvalue weighted by Crippen LogP contribution is 2.31. The smallest absolute Gasteiger partial charge is 0.416 e. The van der Waals surface area contributed by atoms with Gasteiger partial charge in [0, 0.05) is 12.3 Å². The summed E-state index contributed by atoms with van der Waals surface area (Å²) in [6.07, 6.45) is -1.06. The van der Waals surface area contributed by atoms with Crippen molar-refractivity contribution in [3.63, 3.8) is 0 Å². The van der Waals surface area contributed by atoms with Crippen LogP contribution in [0, 0.1) is 0 Å². The quantitative estimate of drug-likeness (QED) is 0.737. The van der Waals surface area contributed by atoms with Gasteiger partial charge in [-0.25, -0.2) is 0 Å². The zero-order valence-corrected chi connectivity index (χ0v) is 15.3. The lowest BCUT2D eigenvalue weighted by atomic mass is 10.0. The van der Waals surface area contributed by atoms with Crippen molar-refractivity contribution in [1.29, 1.82) is 0 Å². The maximum atomic E-state index is 13.4. The second kappa shape index (κ2) is 8.17. The Morgan fingerprint density at radius 2 is 1.85 bits per heavy atom. The zero-order chi connectivity index (χ0) is 19.4. The lowest BCUT2D eigenvalue weighted by Gasteiger charge is -2.30. The van der Waals surface area contributed by atoms with E-state index in [-0.39, 0.29) is 12.1 Å². The molecule has 0 saturated carbocycles. The van der Waals surface area contributed by atoms with Crippen LogP contribution in [-0.2, 0) is 19.1 Å². The molecule has 146 valence electrons. The summed E-state index contributed by atoms with van der Waals surface area (Å²) in [5.41, 5.74) is -0.466. The van der Waals surface area contributed by atoms with Crippen molar-refractivity contribution in [1.82, 2.24) is 9.47 Å². The summed E-state index contributed by atoms with van der Waals surface area (Å²) < 4.78 is 46.5. The largest absolute Gasteiger partial charge is 0.497 e. The molecule has 2 aromatic rings. The summed E-state index contributed by atoms with van der Waals surface area (Å²) in [6.45, 7) is 3.04. The molecule has 1 aromatic carbocycles. The van der Waals surface area contributed by atoms with Crippen LogP contribution >= 0.6 is 0 Å². The van der Waals surface area contributed by atoms with Crippen LogP contribution in [0.5, 0.6) is 5.75 Å². The van der Waals surface area contributed by atoms with Crippen LogP contribution in [0.3, 0.4) is 0 Å². The van der Waals surface area contributed by atoms with Gasteiger partial charge in [0.1, 0.15) is 5.75 Å². The van der Waals surface area contributed by atoms with E-state index < -0.39 is 17.3 Å². The van der Waals surface area contributed by atoms with E-state index in [4.69, 9.17) is 4.74 Å². The molecule has 1 saturated heterocycles. The molecule has 4 nitrogen and oxygen atoms in total. The molecule has 3 rings (SSSR count). The first-order chi connectivity index (χ1) is 12.9. The average Bonchev–Trinajstić information content (AvgIpc) is 2.59. The Hall–Kier alpha value is -2.28. The van der Waals surface area contributed by atoms with Crippen LogP contribution in [0.1, 0.15) is 29.5 Å². The van der Waals surface area contributed by atoms with Crippen molar-refractivity contribution >= 4 is 0 Å². The van der Waals surface area contributed by atoms with Crippen molar-refractivity contribution in [2.24, 2.45) is 0 Å². The van der Waals surface area contributed by atoms with E-state index in [9.17, 15) is 18.0 Å². The Balaban J connectivity index is 1.82. The molecule has 0 unspecified atom stereocenters. The molecule has 1 aliphatic rings. The van der Waals surface area contributed by atoms with Crippen molar-refractivity contribution in [3.8, 4) is 5.75 Å². The predicted octanol–water partition coefficient (Wildman–Crippen LogP) is 3.56. The normalized spacial score (nSPS) is 14.8. The Labute approximate surface area is 156 Å². The van der Waals surface area contributed by atoms with E-state index in [2.05, 4.69) is 4.90 Å². The van der Waals surface area contributed by atoms with Crippen LogP contribution in [0.4, 0.5) is 13.2 Å². The van der Waals surface area contributed by atoms with Crippen LogP contribution in [-0.4, -0.2) is 36.2 Å². The van der Waals surface area contributed by atoms with E-state index in [1.54, 1.807) is 31.4 Å². The maximum Gasteiger partial charge on any atom is 0.416 e. The minimum Gasteiger partial charge on any atom is -0.497 e. The number of rotatable bonds is 7. The molecule has 7 heteroatoms. The van der Waals surface area contributed by atoms with E-state index in [1.807, 2.05) is 0 Å². The molecular weight excluding hydrogens is 357 g/mol. The third-order valence-electron chi connectivity index (χ3n) is 4.90. The predicted molar refractivity (Wildman–Crippen MR) is 97.2 cm³/mol. The molecular formula is C20H23F3N2O2. The lowest BCUT2D eigenvalue weighted by molar-refractivity contribution is -0.138. The van der Waals surface area contributed by atoms with E-state index in [1.165, 1.54) is 10.8 Å². The number of ether oxygens (including phenoxy) is 1. The SMILES string of the molecule is COc1ccc(Cn2cc(CCCN3CCC3)c(C(F)(F)F)cc2=O)cc1. The Bertz CT molecular complexity index is 825. The Morgan fingerprint density at radius 1 is 1.15 bits per heavy atom. The van der Waals surface area contributed by atoms with Crippen molar-refractivity contribution in [2.45, 2.75) is 32.0 Å². The number of benzene rings is 1. The maximum absolute atomic E-state index is 13.4. The van der Waals surface area contributed by atoms with Gasteiger partial charge in [-0.1, -0.05) is 12.1 Å². The fourth-order valence-electron chi connectivity index (χ4n) is 3.23. The fraction of sp³-hybridized carbons (Fsp3) is 0.450. The number of hydrogen-bond acceptors (Lipinski definition) is 3. The molecule has 0 N–H and O–H groups in total. The first-order valence-electron chi connectivity index (χ1n) is 9.02. The monoisotopic (exact) mass is 380 g/mol. The number of likely N-dealkylation sites (tertiary alicyclic amines) is 1. The summed E-state index contributed by atoms with van der Waals surface area (Å²) >= 11 is 0. The lowest BCUT2D eigenvalue weighted by Crippen LogP contribution is -2.37. The van der Waals surface area contributed by atoms with Crippen LogP contribution in [0.25, 0.3) is 0 Å². The Morgan fingerprint density at radius 3 is 2.41 bits per heavy atom. The standard InChI is InChI=1S/C20H23F3N2O2/c1-27-17-7-5-15(6-8-17)13-25-14-16(4-2-9-24-10-3-11-24)18(12-19(25)26)20(21,22)23/h5-8,12,14H,2-4,9-11,13H2,1H3. The van der Waals surface area contributed by atoms with E-state index >= 15 is 0 Å². The molecule has 0 atom stereocenters. The number of aromatic nitrogens is 1. The average molecular weight is 380 g/mol. The van der Waals surface area contributed by atoms with Crippen LogP contribution < -0.4 is 10.3 Å². The van der Waals surface area contributed by atoms with Crippen molar-refractivity contribution in [3.05, 3.63) is 63.6 Å². The number of halogens is 3. The highest BCUT2D eigenvalue weighted by molar-refractivity contribution is 5.30. The van der Waals surface area contributed by atoms with Gasteiger partial charge < -0.3 is 14.2 Å². The summed E-state index contributed by atoms with van der Waals surface area (Å²) in [7, 11) is 1.56. The molecule has 0 amide bonds. The molecule has 0 bridgehead atoms. The number of nitrogens with zero attached hydrogens (tertiary/aromatic N) is 2. The minimum atomic E-state index is -4.52. The van der Waals surface area contributed by atoms with Gasteiger partial charge in [0.05, 0.1) is 19.2 Å². The first-order valence-corrected chi connectivity index (χ1v) is 9.02. The van der Waals surface area contributed by atoms with Gasteiger partial charge in [-0.05, 0) is 62.2 Å². The van der Waals surface area contributed by atoms with Crippen molar-refractivity contribution < 1.29 is 17.9 Å². The van der Waals surface area contributed by atoms with E-state index in [0.29, 0.717) is 18.6 Å². The first kappa shape index (κ1) is 19.5. The van der Waals surface area contributed by atoms with E-state index in [0.717, 1.165) is 37.7 Å². The second-order valence-electron chi connectivity index (χ2n) is 6.82. The Kier molecular flexibility index (Phi) is 5.89. The van der Waals surface area contributed by atoms with Gasteiger partial charge in [0.2, 0.25) is 0 Å². The molecule has 27 heavy (non-hydrogen) atoms. The van der Waals surface area contributed by atoms with Gasteiger partial charge in [0.25, 0.3) is 5.56 Å². The number of aryl methyl sites for hydroxylation is 1. The zero-order valence-electron chi connectivity index (χ0n) is 15.3. The molecule has 0 aliphatic carbocycles. The summed E-state index contributed by atoms with van der Waals surface area (Å²) in [5.74, 6) is 0.685. The molecule has 1 aromatic heterocycles. The molecule has 2 heterocycles. The number of hydrogen-bond donors (Lipinski definition) is 0. The third kappa shape index (κ3) is 4.91.